The number of benzene rings is 1. The summed E-state index contributed by atoms with van der Waals surface area (Å²) in [6, 6.07) is 6.69. The highest BCUT2D eigenvalue weighted by atomic mass is 79.9. The van der Waals surface area contributed by atoms with Crippen LogP contribution in [-0.4, -0.2) is 43.2 Å². The zero-order valence-corrected chi connectivity index (χ0v) is 13.5. The molecule has 3 nitrogen and oxygen atoms in total. The van der Waals surface area contributed by atoms with Crippen molar-refractivity contribution in [1.82, 2.24) is 4.90 Å². The van der Waals surface area contributed by atoms with Crippen LogP contribution in [0.5, 0.6) is 0 Å². The molecule has 1 aromatic rings. The molecule has 1 aromatic carbocycles. The molecule has 2 rings (SSSR count). The summed E-state index contributed by atoms with van der Waals surface area (Å²) in [5.74, 6) is 0. The standard InChI is InChI=1S/C15H23BrN2O/c1-11(19)12-6-7-15(14(16)9-12)18(3)13-5-4-8-17(2)10-13/h6-7,9,11,13,19H,4-5,8,10H2,1-3H3/t11-,13?/m1/s1. The Morgan fingerprint density at radius 2 is 2.21 bits per heavy atom. The molecule has 2 atom stereocenters. The lowest BCUT2D eigenvalue weighted by atomic mass is 10.0. The Kier molecular flexibility index (Phi) is 4.87. The van der Waals surface area contributed by atoms with Crippen molar-refractivity contribution >= 4 is 21.6 Å². The highest BCUT2D eigenvalue weighted by Gasteiger charge is 2.22. The van der Waals surface area contributed by atoms with Gasteiger partial charge in [-0.1, -0.05) is 6.07 Å². The molecule has 0 amide bonds. The van der Waals surface area contributed by atoms with Crippen LogP contribution in [0.4, 0.5) is 5.69 Å². The zero-order valence-electron chi connectivity index (χ0n) is 11.9. The Morgan fingerprint density at radius 3 is 2.79 bits per heavy atom. The summed E-state index contributed by atoms with van der Waals surface area (Å²) in [4.78, 5) is 4.74. The predicted molar refractivity (Wildman–Crippen MR) is 83.7 cm³/mol. The molecule has 1 fully saturated rings. The number of anilines is 1. The Morgan fingerprint density at radius 1 is 1.47 bits per heavy atom. The zero-order chi connectivity index (χ0) is 14.0. The third-order valence-corrected chi connectivity index (χ3v) is 4.62. The number of halogens is 1. The first-order valence-corrected chi connectivity index (χ1v) is 7.67. The van der Waals surface area contributed by atoms with E-state index in [1.165, 1.54) is 25.1 Å². The highest BCUT2D eigenvalue weighted by Crippen LogP contribution is 2.31. The number of hydrogen-bond donors (Lipinski definition) is 1. The van der Waals surface area contributed by atoms with Gasteiger partial charge < -0.3 is 14.9 Å². The minimum Gasteiger partial charge on any atom is -0.389 e. The van der Waals surface area contributed by atoms with Crippen LogP contribution in [0.15, 0.2) is 22.7 Å². The second-order valence-electron chi connectivity index (χ2n) is 5.56. The molecule has 0 aromatic heterocycles. The van der Waals surface area contributed by atoms with E-state index in [1.807, 2.05) is 12.1 Å². The number of aliphatic hydroxyl groups is 1. The van der Waals surface area contributed by atoms with Gasteiger partial charge in [0.1, 0.15) is 0 Å². The molecular weight excluding hydrogens is 304 g/mol. The average Bonchev–Trinajstić information content (AvgIpc) is 2.37. The summed E-state index contributed by atoms with van der Waals surface area (Å²) in [6.45, 7) is 4.11. The van der Waals surface area contributed by atoms with Gasteiger partial charge in [0.15, 0.2) is 0 Å². The van der Waals surface area contributed by atoms with Crippen LogP contribution in [0, 0.1) is 0 Å². The van der Waals surface area contributed by atoms with E-state index in [-0.39, 0.29) is 0 Å². The summed E-state index contributed by atoms with van der Waals surface area (Å²) >= 11 is 3.63. The van der Waals surface area contributed by atoms with Gasteiger partial charge in [-0.05, 0) is 67.0 Å². The second kappa shape index (κ2) is 6.25. The number of likely N-dealkylation sites (N-methyl/N-ethyl adjacent to an activating group) is 2. The molecule has 1 unspecified atom stereocenters. The van der Waals surface area contributed by atoms with Crippen LogP contribution in [0.3, 0.4) is 0 Å². The van der Waals surface area contributed by atoms with E-state index in [4.69, 9.17) is 0 Å². The Bertz CT molecular complexity index is 436. The van der Waals surface area contributed by atoms with Gasteiger partial charge >= 0.3 is 0 Å². The smallest absolute Gasteiger partial charge is 0.0762 e. The van der Waals surface area contributed by atoms with Gasteiger partial charge in [0.2, 0.25) is 0 Å². The molecule has 4 heteroatoms. The van der Waals surface area contributed by atoms with Crippen LogP contribution in [0.2, 0.25) is 0 Å². The molecule has 0 spiro atoms. The number of nitrogens with zero attached hydrogens (tertiary/aromatic N) is 2. The molecule has 1 heterocycles. The molecule has 19 heavy (non-hydrogen) atoms. The summed E-state index contributed by atoms with van der Waals surface area (Å²) in [7, 11) is 4.34. The molecule has 1 N–H and O–H groups in total. The number of piperidine rings is 1. The van der Waals surface area contributed by atoms with Crippen molar-refractivity contribution in [3.63, 3.8) is 0 Å². The maximum atomic E-state index is 9.62. The van der Waals surface area contributed by atoms with E-state index in [0.717, 1.165) is 16.6 Å². The Hall–Kier alpha value is -0.580. The monoisotopic (exact) mass is 326 g/mol. The van der Waals surface area contributed by atoms with Gasteiger partial charge in [-0.15, -0.1) is 0 Å². The van der Waals surface area contributed by atoms with Gasteiger partial charge in [0.05, 0.1) is 11.8 Å². The minimum atomic E-state index is -0.420. The van der Waals surface area contributed by atoms with Crippen molar-refractivity contribution in [2.75, 3.05) is 32.1 Å². The fraction of sp³-hybridized carbons (Fsp3) is 0.600. The summed E-state index contributed by atoms with van der Waals surface area (Å²) in [6.07, 6.45) is 2.08. The molecule has 0 aliphatic carbocycles. The van der Waals surface area contributed by atoms with Crippen molar-refractivity contribution in [1.29, 1.82) is 0 Å². The minimum absolute atomic E-state index is 0.420. The molecule has 0 saturated carbocycles. The van der Waals surface area contributed by atoms with Gasteiger partial charge in [-0.2, -0.15) is 0 Å². The van der Waals surface area contributed by atoms with Crippen LogP contribution in [-0.2, 0) is 0 Å². The number of aliphatic hydroxyl groups excluding tert-OH is 1. The van der Waals surface area contributed by atoms with E-state index in [9.17, 15) is 5.11 Å². The van der Waals surface area contributed by atoms with Crippen LogP contribution in [0.1, 0.15) is 31.4 Å². The molecule has 1 aliphatic heterocycles. The quantitative estimate of drug-likeness (QED) is 0.924. The molecule has 1 saturated heterocycles. The van der Waals surface area contributed by atoms with E-state index in [1.54, 1.807) is 6.92 Å². The lowest BCUT2D eigenvalue weighted by Crippen LogP contribution is -2.45. The first-order chi connectivity index (χ1) is 8.99. The first-order valence-electron chi connectivity index (χ1n) is 6.88. The van der Waals surface area contributed by atoms with Crippen molar-refractivity contribution < 1.29 is 5.11 Å². The van der Waals surface area contributed by atoms with Gasteiger partial charge in [0.25, 0.3) is 0 Å². The normalized spacial score (nSPS) is 22.3. The fourth-order valence-electron chi connectivity index (χ4n) is 2.72. The van der Waals surface area contributed by atoms with Crippen LogP contribution in [0.25, 0.3) is 0 Å². The number of rotatable bonds is 3. The fourth-order valence-corrected chi connectivity index (χ4v) is 3.40. The van der Waals surface area contributed by atoms with E-state index in [0.29, 0.717) is 6.04 Å². The van der Waals surface area contributed by atoms with E-state index < -0.39 is 6.10 Å². The summed E-state index contributed by atoms with van der Waals surface area (Å²) < 4.78 is 1.06. The molecule has 1 aliphatic rings. The third-order valence-electron chi connectivity index (χ3n) is 3.98. The van der Waals surface area contributed by atoms with Crippen molar-refractivity contribution in [3.05, 3.63) is 28.2 Å². The summed E-state index contributed by atoms with van der Waals surface area (Å²) in [5.41, 5.74) is 2.15. The molecular formula is C15H23BrN2O. The Labute approximate surface area is 124 Å². The van der Waals surface area contributed by atoms with Crippen LogP contribution < -0.4 is 4.90 Å². The average molecular weight is 327 g/mol. The second-order valence-corrected chi connectivity index (χ2v) is 6.41. The first kappa shape index (κ1) is 14.8. The maximum absolute atomic E-state index is 9.62. The van der Waals surface area contributed by atoms with Crippen molar-refractivity contribution in [2.24, 2.45) is 0 Å². The predicted octanol–water partition coefficient (Wildman–Crippen LogP) is 3.03. The summed E-state index contributed by atoms with van der Waals surface area (Å²) in [5, 5.41) is 9.62. The molecule has 0 radical (unpaired) electrons. The Balaban J connectivity index is 2.16. The van der Waals surface area contributed by atoms with Gasteiger partial charge in [0, 0.05) is 24.1 Å². The van der Waals surface area contributed by atoms with E-state index >= 15 is 0 Å². The lowest BCUT2D eigenvalue weighted by molar-refractivity contribution is 0.199. The third kappa shape index (κ3) is 3.50. The lowest BCUT2D eigenvalue weighted by Gasteiger charge is -2.37. The molecule has 0 bridgehead atoms. The maximum Gasteiger partial charge on any atom is 0.0762 e. The molecule has 106 valence electrons. The SMILES string of the molecule is C[C@@H](O)c1ccc(N(C)C2CCCN(C)C2)c(Br)c1. The van der Waals surface area contributed by atoms with Crippen LogP contribution >= 0.6 is 15.9 Å². The highest BCUT2D eigenvalue weighted by molar-refractivity contribution is 9.10. The van der Waals surface area contributed by atoms with Gasteiger partial charge in [-0.25, -0.2) is 0 Å². The van der Waals surface area contributed by atoms with E-state index in [2.05, 4.69) is 45.9 Å². The van der Waals surface area contributed by atoms with Gasteiger partial charge in [-0.3, -0.25) is 0 Å². The van der Waals surface area contributed by atoms with Crippen molar-refractivity contribution in [3.8, 4) is 0 Å². The largest absolute Gasteiger partial charge is 0.389 e. The number of hydrogen-bond acceptors (Lipinski definition) is 3. The van der Waals surface area contributed by atoms with Crippen molar-refractivity contribution in [2.45, 2.75) is 31.9 Å². The topological polar surface area (TPSA) is 26.7 Å². The number of likely N-dealkylation sites (tertiary alicyclic amines) is 1.